The molecular weight excluding hydrogens is 234 g/mol. The summed E-state index contributed by atoms with van der Waals surface area (Å²) < 4.78 is 27.0. The van der Waals surface area contributed by atoms with E-state index in [9.17, 15) is 8.78 Å². The topological polar surface area (TPSA) is 38.0 Å². The Hall–Kier alpha value is -0.490. The highest BCUT2D eigenvalue weighted by molar-refractivity contribution is 9.10. The van der Waals surface area contributed by atoms with Crippen molar-refractivity contribution in [3.63, 3.8) is 0 Å². The number of aliphatic hydroxyl groups is 1. The molecule has 68 valence electrons. The van der Waals surface area contributed by atoms with E-state index in [1.165, 1.54) is 13.2 Å². The highest BCUT2D eigenvalue weighted by Gasteiger charge is 2.36. The SMILES string of the molecule is Cn1ncc(Br)c1C(F)(F)CO. The van der Waals surface area contributed by atoms with Gasteiger partial charge < -0.3 is 5.11 Å². The van der Waals surface area contributed by atoms with Gasteiger partial charge in [-0.05, 0) is 15.9 Å². The number of hydrogen-bond donors (Lipinski definition) is 1. The molecule has 3 nitrogen and oxygen atoms in total. The van der Waals surface area contributed by atoms with Gasteiger partial charge in [0.05, 0.1) is 10.7 Å². The lowest BCUT2D eigenvalue weighted by Crippen LogP contribution is -2.22. The molecule has 6 heteroatoms. The standard InChI is InChI=1S/C6H7BrF2N2O/c1-11-5(4(7)2-10-11)6(8,9)3-12/h2,12H,3H2,1H3. The molecule has 0 aromatic carbocycles. The van der Waals surface area contributed by atoms with E-state index in [0.29, 0.717) is 0 Å². The zero-order valence-electron chi connectivity index (χ0n) is 6.26. The van der Waals surface area contributed by atoms with E-state index < -0.39 is 12.5 Å². The Labute approximate surface area is 76.1 Å². The van der Waals surface area contributed by atoms with Gasteiger partial charge in [0, 0.05) is 7.05 Å². The van der Waals surface area contributed by atoms with Crippen molar-refractivity contribution in [1.82, 2.24) is 9.78 Å². The van der Waals surface area contributed by atoms with E-state index in [4.69, 9.17) is 5.11 Å². The fraction of sp³-hybridized carbons (Fsp3) is 0.500. The average molecular weight is 241 g/mol. The van der Waals surface area contributed by atoms with E-state index in [0.717, 1.165) is 4.68 Å². The van der Waals surface area contributed by atoms with Crippen molar-refractivity contribution in [3.8, 4) is 0 Å². The van der Waals surface area contributed by atoms with Crippen LogP contribution in [-0.4, -0.2) is 21.5 Å². The molecule has 1 aromatic heterocycles. The van der Waals surface area contributed by atoms with Gasteiger partial charge >= 0.3 is 5.92 Å². The van der Waals surface area contributed by atoms with Gasteiger partial charge in [-0.2, -0.15) is 13.9 Å². The minimum atomic E-state index is -3.25. The van der Waals surface area contributed by atoms with Gasteiger partial charge in [0.2, 0.25) is 0 Å². The maximum absolute atomic E-state index is 12.9. The summed E-state index contributed by atoms with van der Waals surface area (Å²) in [5, 5.41) is 12.0. The van der Waals surface area contributed by atoms with Crippen molar-refractivity contribution in [2.45, 2.75) is 5.92 Å². The van der Waals surface area contributed by atoms with Crippen LogP contribution in [0.1, 0.15) is 5.69 Å². The van der Waals surface area contributed by atoms with E-state index in [-0.39, 0.29) is 10.2 Å². The summed E-state index contributed by atoms with van der Waals surface area (Å²) in [5.41, 5.74) is -0.315. The van der Waals surface area contributed by atoms with Crippen LogP contribution >= 0.6 is 15.9 Å². The number of rotatable bonds is 2. The molecule has 1 aromatic rings. The van der Waals surface area contributed by atoms with Crippen molar-refractivity contribution < 1.29 is 13.9 Å². The fourth-order valence-electron chi connectivity index (χ4n) is 0.897. The molecular formula is C6H7BrF2N2O. The molecule has 1 heterocycles. The van der Waals surface area contributed by atoms with Crippen molar-refractivity contribution in [3.05, 3.63) is 16.4 Å². The van der Waals surface area contributed by atoms with Crippen LogP contribution in [0.3, 0.4) is 0 Å². The molecule has 0 aliphatic rings. The minimum Gasteiger partial charge on any atom is -0.390 e. The summed E-state index contributed by atoms with van der Waals surface area (Å²) in [6, 6.07) is 0. The molecule has 0 saturated heterocycles. The molecule has 0 unspecified atom stereocenters. The van der Waals surface area contributed by atoms with Crippen LogP contribution in [0.5, 0.6) is 0 Å². The molecule has 0 amide bonds. The lowest BCUT2D eigenvalue weighted by Gasteiger charge is -2.13. The van der Waals surface area contributed by atoms with Crippen molar-refractivity contribution in [1.29, 1.82) is 0 Å². The molecule has 0 radical (unpaired) electrons. The number of aliphatic hydroxyl groups excluding tert-OH is 1. The predicted molar refractivity (Wildman–Crippen MR) is 41.9 cm³/mol. The number of hydrogen-bond acceptors (Lipinski definition) is 2. The summed E-state index contributed by atoms with van der Waals surface area (Å²) in [6.07, 6.45) is 1.26. The predicted octanol–water partition coefficient (Wildman–Crippen LogP) is 1.27. The van der Waals surface area contributed by atoms with Gasteiger partial charge in [-0.25, -0.2) is 0 Å². The first kappa shape index (κ1) is 9.60. The summed E-state index contributed by atoms with van der Waals surface area (Å²) in [7, 11) is 1.39. The zero-order chi connectivity index (χ0) is 9.35. The second-order valence-electron chi connectivity index (χ2n) is 2.33. The van der Waals surface area contributed by atoms with Crippen molar-refractivity contribution in [2.24, 2.45) is 7.05 Å². The molecule has 1 N–H and O–H groups in total. The van der Waals surface area contributed by atoms with Gasteiger partial charge in [-0.3, -0.25) is 4.68 Å². The Morgan fingerprint density at radius 3 is 2.67 bits per heavy atom. The first-order valence-electron chi connectivity index (χ1n) is 3.15. The van der Waals surface area contributed by atoms with E-state index in [1.807, 2.05) is 0 Å². The molecule has 0 aliphatic heterocycles. The summed E-state index contributed by atoms with van der Waals surface area (Å²) in [6.45, 7) is -1.22. The van der Waals surface area contributed by atoms with Crippen LogP contribution in [0.4, 0.5) is 8.78 Å². The molecule has 0 aliphatic carbocycles. The van der Waals surface area contributed by atoms with Crippen LogP contribution in [0, 0.1) is 0 Å². The first-order chi connectivity index (χ1) is 5.49. The number of aromatic nitrogens is 2. The maximum Gasteiger partial charge on any atom is 0.312 e. The highest BCUT2D eigenvalue weighted by Crippen LogP contribution is 2.32. The molecule has 0 fully saturated rings. The Morgan fingerprint density at radius 1 is 1.75 bits per heavy atom. The van der Waals surface area contributed by atoms with Crippen LogP contribution in [-0.2, 0) is 13.0 Å². The molecule has 0 spiro atoms. The average Bonchev–Trinajstić information content (AvgIpc) is 2.31. The molecule has 12 heavy (non-hydrogen) atoms. The normalized spacial score (nSPS) is 12.1. The Morgan fingerprint density at radius 2 is 2.33 bits per heavy atom. The Balaban J connectivity index is 3.17. The third-order valence-electron chi connectivity index (χ3n) is 1.44. The Bertz CT molecular complexity index is 268. The monoisotopic (exact) mass is 240 g/mol. The largest absolute Gasteiger partial charge is 0.390 e. The van der Waals surface area contributed by atoms with Crippen LogP contribution in [0.15, 0.2) is 10.7 Å². The molecule has 0 bridgehead atoms. The van der Waals surface area contributed by atoms with Crippen LogP contribution in [0.2, 0.25) is 0 Å². The summed E-state index contributed by atoms with van der Waals surface area (Å²) in [5.74, 6) is -3.25. The number of alkyl halides is 2. The van der Waals surface area contributed by atoms with E-state index in [2.05, 4.69) is 21.0 Å². The van der Waals surface area contributed by atoms with E-state index >= 15 is 0 Å². The van der Waals surface area contributed by atoms with Crippen molar-refractivity contribution >= 4 is 15.9 Å². The smallest absolute Gasteiger partial charge is 0.312 e. The molecule has 0 atom stereocenters. The van der Waals surface area contributed by atoms with Gasteiger partial charge in [0.25, 0.3) is 0 Å². The Kier molecular flexibility index (Phi) is 2.48. The summed E-state index contributed by atoms with van der Waals surface area (Å²) >= 11 is 2.92. The molecule has 0 saturated carbocycles. The quantitative estimate of drug-likeness (QED) is 0.846. The summed E-state index contributed by atoms with van der Waals surface area (Å²) in [4.78, 5) is 0. The zero-order valence-corrected chi connectivity index (χ0v) is 7.85. The van der Waals surface area contributed by atoms with Gasteiger partial charge in [-0.15, -0.1) is 0 Å². The first-order valence-corrected chi connectivity index (χ1v) is 3.95. The van der Waals surface area contributed by atoms with E-state index in [1.54, 1.807) is 0 Å². The number of nitrogens with zero attached hydrogens (tertiary/aromatic N) is 2. The maximum atomic E-state index is 12.9. The van der Waals surface area contributed by atoms with Gasteiger partial charge in [0.1, 0.15) is 12.3 Å². The highest BCUT2D eigenvalue weighted by atomic mass is 79.9. The number of aryl methyl sites for hydroxylation is 1. The lowest BCUT2D eigenvalue weighted by molar-refractivity contribution is -0.0626. The van der Waals surface area contributed by atoms with Crippen LogP contribution < -0.4 is 0 Å². The second-order valence-corrected chi connectivity index (χ2v) is 3.18. The van der Waals surface area contributed by atoms with Gasteiger partial charge in [0.15, 0.2) is 0 Å². The fourth-order valence-corrected chi connectivity index (χ4v) is 1.54. The van der Waals surface area contributed by atoms with Crippen LogP contribution in [0.25, 0.3) is 0 Å². The third kappa shape index (κ3) is 1.49. The third-order valence-corrected chi connectivity index (χ3v) is 2.02. The second kappa shape index (κ2) is 3.10. The lowest BCUT2D eigenvalue weighted by atomic mass is 10.2. The molecule has 1 rings (SSSR count). The van der Waals surface area contributed by atoms with Gasteiger partial charge in [-0.1, -0.05) is 0 Å². The number of halogens is 3. The van der Waals surface area contributed by atoms with Crippen molar-refractivity contribution in [2.75, 3.05) is 6.61 Å². The minimum absolute atomic E-state index is 0.198.